The van der Waals surface area contributed by atoms with Crippen LogP contribution >= 0.6 is 11.8 Å². The van der Waals surface area contributed by atoms with Gasteiger partial charge in [0.15, 0.2) is 5.82 Å². The van der Waals surface area contributed by atoms with Crippen molar-refractivity contribution in [3.05, 3.63) is 34.1 Å². The molecule has 0 amide bonds. The van der Waals surface area contributed by atoms with Crippen LogP contribution in [0.15, 0.2) is 22.7 Å². The van der Waals surface area contributed by atoms with E-state index in [0.29, 0.717) is 17.1 Å². The molecule has 2 N–H and O–H groups in total. The van der Waals surface area contributed by atoms with E-state index < -0.39 is 4.92 Å². The molecule has 1 aliphatic rings. The van der Waals surface area contributed by atoms with Gasteiger partial charge in [-0.2, -0.15) is 16.7 Å². The van der Waals surface area contributed by atoms with E-state index in [1.807, 2.05) is 11.8 Å². The van der Waals surface area contributed by atoms with E-state index in [4.69, 9.17) is 10.3 Å². The molecule has 8 heteroatoms. The number of nitro benzene ring substituents is 1. The fourth-order valence-corrected chi connectivity index (χ4v) is 3.50. The molecule has 110 valence electrons. The van der Waals surface area contributed by atoms with Crippen LogP contribution in [0.2, 0.25) is 0 Å². The maximum absolute atomic E-state index is 10.8. The van der Waals surface area contributed by atoms with Crippen LogP contribution in [0.5, 0.6) is 0 Å². The molecule has 1 unspecified atom stereocenters. The molecule has 1 atom stereocenters. The molecule has 1 aliphatic heterocycles. The summed E-state index contributed by atoms with van der Waals surface area (Å²) in [7, 11) is 0. The van der Waals surface area contributed by atoms with Crippen molar-refractivity contribution in [1.82, 2.24) is 10.1 Å². The van der Waals surface area contributed by atoms with Gasteiger partial charge in [0, 0.05) is 17.8 Å². The maximum Gasteiger partial charge on any atom is 0.270 e. The Bertz CT molecular complexity index is 667. The average Bonchev–Trinajstić information content (AvgIpc) is 2.98. The molecule has 2 heterocycles. The molecule has 3 rings (SSSR count). The minimum atomic E-state index is -0.475. The lowest BCUT2D eigenvalue weighted by molar-refractivity contribution is -0.384. The van der Waals surface area contributed by atoms with Crippen molar-refractivity contribution in [3.8, 4) is 11.5 Å². The predicted molar refractivity (Wildman–Crippen MR) is 79.9 cm³/mol. The quantitative estimate of drug-likeness (QED) is 0.527. The highest BCUT2D eigenvalue weighted by atomic mass is 32.2. The fraction of sp³-hybridized carbons (Fsp3) is 0.385. The Hall–Kier alpha value is -2.09. The molecule has 21 heavy (non-hydrogen) atoms. The minimum Gasteiger partial charge on any atom is -0.398 e. The van der Waals surface area contributed by atoms with Gasteiger partial charge in [0.2, 0.25) is 0 Å². The van der Waals surface area contributed by atoms with Gasteiger partial charge in [0.25, 0.3) is 11.6 Å². The number of rotatable bonds is 3. The van der Waals surface area contributed by atoms with E-state index in [-0.39, 0.29) is 16.8 Å². The number of hydrogen-bond acceptors (Lipinski definition) is 7. The Morgan fingerprint density at radius 3 is 3.00 bits per heavy atom. The van der Waals surface area contributed by atoms with Crippen molar-refractivity contribution in [3.63, 3.8) is 0 Å². The van der Waals surface area contributed by atoms with Crippen molar-refractivity contribution in [1.29, 1.82) is 0 Å². The summed E-state index contributed by atoms with van der Waals surface area (Å²) in [5, 5.41) is 15.1. The van der Waals surface area contributed by atoms with Crippen molar-refractivity contribution < 1.29 is 9.45 Å². The van der Waals surface area contributed by atoms with Gasteiger partial charge in [-0.05, 0) is 24.7 Å². The summed E-state index contributed by atoms with van der Waals surface area (Å²) < 4.78 is 5.24. The topological polar surface area (TPSA) is 108 Å². The normalized spacial score (nSPS) is 18.6. The molecule has 1 saturated heterocycles. The summed E-state index contributed by atoms with van der Waals surface area (Å²) in [6.45, 7) is 0. The number of nitrogens with two attached hydrogens (primary N) is 1. The number of thioether (sulfide) groups is 1. The number of hydrogen-bond donors (Lipinski definition) is 1. The zero-order valence-electron chi connectivity index (χ0n) is 11.2. The number of aromatic nitrogens is 2. The molecule has 0 aliphatic carbocycles. The summed E-state index contributed by atoms with van der Waals surface area (Å²) in [6.07, 6.45) is 3.39. The second-order valence-electron chi connectivity index (χ2n) is 4.84. The summed E-state index contributed by atoms with van der Waals surface area (Å²) in [6, 6.07) is 4.19. The summed E-state index contributed by atoms with van der Waals surface area (Å²) in [4.78, 5) is 14.7. The minimum absolute atomic E-state index is 0.0500. The molecule has 0 radical (unpaired) electrons. The number of nitrogens with zero attached hydrogens (tertiary/aromatic N) is 3. The lowest BCUT2D eigenvalue weighted by atomic mass is 10.1. The molecule has 1 aromatic heterocycles. The highest BCUT2D eigenvalue weighted by Crippen LogP contribution is 2.38. The number of anilines is 1. The molecule has 0 bridgehead atoms. The van der Waals surface area contributed by atoms with Gasteiger partial charge < -0.3 is 10.3 Å². The molecule has 0 spiro atoms. The highest BCUT2D eigenvalue weighted by molar-refractivity contribution is 7.99. The van der Waals surface area contributed by atoms with Crippen molar-refractivity contribution in [2.24, 2.45) is 0 Å². The van der Waals surface area contributed by atoms with E-state index >= 15 is 0 Å². The fourth-order valence-electron chi connectivity index (χ4n) is 2.26. The molecular formula is C13H14N4O3S. The second kappa shape index (κ2) is 5.72. The zero-order chi connectivity index (χ0) is 14.8. The van der Waals surface area contributed by atoms with Crippen LogP contribution in [0.3, 0.4) is 0 Å². The molecule has 0 saturated carbocycles. The van der Waals surface area contributed by atoms with Gasteiger partial charge in [0.1, 0.15) is 0 Å². The van der Waals surface area contributed by atoms with Gasteiger partial charge >= 0.3 is 0 Å². The van der Waals surface area contributed by atoms with E-state index in [0.717, 1.165) is 18.6 Å². The number of non-ortho nitro benzene ring substituents is 1. The molecule has 1 fully saturated rings. The standard InChI is InChI=1S/C13H14N4O3S/c14-10-5-4-8(17(18)19)7-9(10)13-15-12(16-20-13)11-3-1-2-6-21-11/h4-5,7,11H,1-3,6,14H2. The van der Waals surface area contributed by atoms with E-state index in [1.54, 1.807) is 0 Å². The molecule has 1 aromatic carbocycles. The SMILES string of the molecule is Nc1ccc([N+](=O)[O-])cc1-c1nc(C2CCCCS2)no1. The average molecular weight is 306 g/mol. The molecule has 2 aromatic rings. The first-order valence-electron chi connectivity index (χ1n) is 6.64. The van der Waals surface area contributed by atoms with Crippen LogP contribution < -0.4 is 5.73 Å². The number of benzene rings is 1. The lowest BCUT2D eigenvalue weighted by Crippen LogP contribution is -2.03. The Kier molecular flexibility index (Phi) is 3.78. The van der Waals surface area contributed by atoms with Crippen LogP contribution in [0.25, 0.3) is 11.5 Å². The van der Waals surface area contributed by atoms with Crippen LogP contribution in [0, 0.1) is 10.1 Å². The largest absolute Gasteiger partial charge is 0.398 e. The first-order valence-corrected chi connectivity index (χ1v) is 7.69. The number of nitro groups is 1. The summed E-state index contributed by atoms with van der Waals surface area (Å²) >= 11 is 1.81. The highest BCUT2D eigenvalue weighted by Gasteiger charge is 2.23. The Morgan fingerprint density at radius 1 is 1.43 bits per heavy atom. The smallest absolute Gasteiger partial charge is 0.270 e. The van der Waals surface area contributed by atoms with Gasteiger partial charge in [-0.3, -0.25) is 10.1 Å². The Labute approximate surface area is 125 Å². The van der Waals surface area contributed by atoms with Gasteiger partial charge in [-0.15, -0.1) is 0 Å². The Balaban J connectivity index is 1.92. The van der Waals surface area contributed by atoms with E-state index in [9.17, 15) is 10.1 Å². The van der Waals surface area contributed by atoms with Gasteiger partial charge in [-0.1, -0.05) is 11.6 Å². The Morgan fingerprint density at radius 2 is 2.29 bits per heavy atom. The maximum atomic E-state index is 10.8. The summed E-state index contributed by atoms with van der Waals surface area (Å²) in [5.41, 5.74) is 6.59. The van der Waals surface area contributed by atoms with Crippen LogP contribution in [-0.2, 0) is 0 Å². The van der Waals surface area contributed by atoms with Crippen LogP contribution in [0.4, 0.5) is 11.4 Å². The third kappa shape index (κ3) is 2.85. The predicted octanol–water partition coefficient (Wildman–Crippen LogP) is 3.19. The zero-order valence-corrected chi connectivity index (χ0v) is 12.0. The first kappa shape index (κ1) is 13.9. The second-order valence-corrected chi connectivity index (χ2v) is 6.15. The van der Waals surface area contributed by atoms with E-state index in [2.05, 4.69) is 10.1 Å². The molecular weight excluding hydrogens is 292 g/mol. The van der Waals surface area contributed by atoms with E-state index in [1.165, 1.54) is 24.6 Å². The van der Waals surface area contributed by atoms with Gasteiger partial charge in [0.05, 0.1) is 15.7 Å². The van der Waals surface area contributed by atoms with Crippen molar-refractivity contribution in [2.75, 3.05) is 11.5 Å². The van der Waals surface area contributed by atoms with Crippen LogP contribution in [0.1, 0.15) is 30.3 Å². The van der Waals surface area contributed by atoms with Crippen molar-refractivity contribution >= 4 is 23.1 Å². The lowest BCUT2D eigenvalue weighted by Gasteiger charge is -2.17. The number of nitrogen functional groups attached to an aromatic ring is 1. The molecule has 7 nitrogen and oxygen atoms in total. The monoisotopic (exact) mass is 306 g/mol. The summed E-state index contributed by atoms with van der Waals surface area (Å²) in [5.74, 6) is 1.96. The van der Waals surface area contributed by atoms with Crippen molar-refractivity contribution in [2.45, 2.75) is 24.5 Å². The van der Waals surface area contributed by atoms with Crippen LogP contribution in [-0.4, -0.2) is 20.8 Å². The van der Waals surface area contributed by atoms with Gasteiger partial charge in [-0.25, -0.2) is 0 Å². The third-order valence-electron chi connectivity index (χ3n) is 3.39. The third-order valence-corrected chi connectivity index (χ3v) is 4.76. The first-order chi connectivity index (χ1) is 10.1.